The molecule has 0 unspecified atom stereocenters. The Hall–Kier alpha value is -3.43. The number of aliphatic hydroxyl groups is 1. The first kappa shape index (κ1) is 28.1. The van der Waals surface area contributed by atoms with Gasteiger partial charge in [-0.15, -0.1) is 0 Å². The van der Waals surface area contributed by atoms with Crippen molar-refractivity contribution in [2.75, 3.05) is 14.2 Å². The summed E-state index contributed by atoms with van der Waals surface area (Å²) < 4.78 is 22.7. The van der Waals surface area contributed by atoms with E-state index in [0.717, 1.165) is 5.56 Å². The summed E-state index contributed by atoms with van der Waals surface area (Å²) in [4.78, 5) is 20.9. The van der Waals surface area contributed by atoms with Crippen LogP contribution in [0.4, 0.5) is 0 Å². The lowest BCUT2D eigenvalue weighted by Crippen LogP contribution is -2.43. The van der Waals surface area contributed by atoms with Crippen molar-refractivity contribution in [1.29, 1.82) is 0 Å². The molecule has 3 aromatic rings. The van der Waals surface area contributed by atoms with E-state index in [1.165, 1.54) is 7.11 Å². The van der Waals surface area contributed by atoms with Gasteiger partial charge in [0.15, 0.2) is 11.9 Å². The lowest BCUT2D eigenvalue weighted by Gasteiger charge is -2.36. The van der Waals surface area contributed by atoms with Crippen molar-refractivity contribution >= 4 is 14.3 Å². The highest BCUT2D eigenvalue weighted by atomic mass is 28.4. The second-order valence-electron chi connectivity index (χ2n) is 10.2. The number of benzene rings is 2. The zero-order chi connectivity index (χ0) is 27.2. The number of esters is 1. The van der Waals surface area contributed by atoms with Gasteiger partial charge in [-0.25, -0.2) is 14.8 Å². The van der Waals surface area contributed by atoms with Crippen molar-refractivity contribution in [3.05, 3.63) is 66.0 Å². The van der Waals surface area contributed by atoms with Crippen LogP contribution in [0, 0.1) is 0 Å². The second kappa shape index (κ2) is 11.7. The van der Waals surface area contributed by atoms with Gasteiger partial charge in [-0.2, -0.15) is 0 Å². The van der Waals surface area contributed by atoms with E-state index in [0.29, 0.717) is 34.3 Å². The molecule has 1 atom stereocenters. The summed E-state index contributed by atoms with van der Waals surface area (Å²) in [6, 6.07) is 14.8. The van der Waals surface area contributed by atoms with Gasteiger partial charge in [0.05, 0.1) is 25.5 Å². The van der Waals surface area contributed by atoms with Crippen LogP contribution in [0.3, 0.4) is 0 Å². The predicted octanol–water partition coefficient (Wildman–Crippen LogP) is 5.19. The molecule has 0 amide bonds. The molecular formula is C28H36N2O6Si. The maximum Gasteiger partial charge on any atom is 0.335 e. The molecular weight excluding hydrogens is 488 g/mol. The Morgan fingerprint density at radius 2 is 1.78 bits per heavy atom. The second-order valence-corrected chi connectivity index (χ2v) is 15.0. The Kier molecular flexibility index (Phi) is 8.93. The molecule has 3 rings (SSSR count). The fourth-order valence-electron chi connectivity index (χ4n) is 3.38. The first-order valence-corrected chi connectivity index (χ1v) is 15.0. The predicted molar refractivity (Wildman–Crippen MR) is 144 cm³/mol. The Balaban J connectivity index is 1.86. The highest BCUT2D eigenvalue weighted by Crippen LogP contribution is 2.38. The van der Waals surface area contributed by atoms with Gasteiger partial charge in [0.1, 0.15) is 23.9 Å². The van der Waals surface area contributed by atoms with Gasteiger partial charge < -0.3 is 23.7 Å². The number of aromatic nitrogens is 2. The zero-order valence-corrected chi connectivity index (χ0v) is 23.6. The van der Waals surface area contributed by atoms with Crippen LogP contribution in [0.15, 0.2) is 54.7 Å². The fourth-order valence-corrected chi connectivity index (χ4v) is 4.40. The first-order valence-electron chi connectivity index (χ1n) is 12.1. The normalized spacial score (nSPS) is 12.5. The Morgan fingerprint density at radius 1 is 1.05 bits per heavy atom. The number of para-hydroxylation sites is 1. The van der Waals surface area contributed by atoms with Crippen LogP contribution in [-0.2, 0) is 22.6 Å². The molecule has 1 heterocycles. The van der Waals surface area contributed by atoms with Gasteiger partial charge >= 0.3 is 5.97 Å². The number of rotatable bonds is 10. The Labute approximate surface area is 219 Å². The molecule has 1 aromatic heterocycles. The van der Waals surface area contributed by atoms with Crippen molar-refractivity contribution < 1.29 is 28.5 Å². The van der Waals surface area contributed by atoms with Gasteiger partial charge in [0.2, 0.25) is 8.32 Å². The highest BCUT2D eigenvalue weighted by molar-refractivity contribution is 6.74. The molecule has 0 spiro atoms. The molecule has 0 aliphatic heterocycles. The number of ether oxygens (including phenoxy) is 3. The van der Waals surface area contributed by atoms with Crippen LogP contribution >= 0.6 is 0 Å². The summed E-state index contributed by atoms with van der Waals surface area (Å²) in [6.07, 6.45) is 0.366. The summed E-state index contributed by atoms with van der Waals surface area (Å²) in [5.41, 5.74) is 2.07. The van der Waals surface area contributed by atoms with Crippen molar-refractivity contribution in [2.45, 2.75) is 58.0 Å². The molecule has 0 radical (unpaired) electrons. The van der Waals surface area contributed by atoms with E-state index in [1.54, 1.807) is 25.4 Å². The minimum absolute atomic E-state index is 0.0139. The first-order chi connectivity index (χ1) is 17.4. The summed E-state index contributed by atoms with van der Waals surface area (Å²) in [5, 5.41) is 10.4. The number of aliphatic hydroxyl groups excluding tert-OH is 1. The molecule has 0 aliphatic carbocycles. The van der Waals surface area contributed by atoms with Crippen molar-refractivity contribution in [3.8, 4) is 28.6 Å². The standard InChI is InChI=1S/C28H36N2O6Si/c1-28(2,3)37(6,7)36-21-12-13-24(19(16-21)17-23(31)27(32)34-5)35-18-20-14-15-29-26(30-20)22-10-8-9-11-25(22)33-4/h8-16,23,31H,17-18H2,1-7H3/t23-/m1/s1. The monoisotopic (exact) mass is 524 g/mol. The van der Waals surface area contributed by atoms with Crippen LogP contribution in [0.25, 0.3) is 11.4 Å². The zero-order valence-electron chi connectivity index (χ0n) is 22.6. The molecule has 0 bridgehead atoms. The average Bonchev–Trinajstić information content (AvgIpc) is 2.87. The smallest absolute Gasteiger partial charge is 0.335 e. The molecule has 0 saturated carbocycles. The number of hydrogen-bond acceptors (Lipinski definition) is 8. The number of carbonyl (C=O) groups is 1. The SMILES string of the molecule is COC(=O)[C@H](O)Cc1cc(O[Si](C)(C)C(C)(C)C)ccc1OCc1ccnc(-c2ccccc2OC)n1. The summed E-state index contributed by atoms with van der Waals surface area (Å²) in [7, 11) is 0.756. The van der Waals surface area contributed by atoms with Crippen LogP contribution in [-0.4, -0.2) is 49.7 Å². The average molecular weight is 525 g/mol. The summed E-state index contributed by atoms with van der Waals surface area (Å²) in [6.45, 7) is 11.0. The van der Waals surface area contributed by atoms with Crippen LogP contribution in [0.1, 0.15) is 32.0 Å². The van der Waals surface area contributed by atoms with E-state index in [4.69, 9.17) is 18.6 Å². The van der Waals surface area contributed by atoms with Gasteiger partial charge in [-0.05, 0) is 54.5 Å². The quantitative estimate of drug-likeness (QED) is 0.286. The van der Waals surface area contributed by atoms with Gasteiger partial charge in [0.25, 0.3) is 0 Å². The minimum Gasteiger partial charge on any atom is -0.543 e. The third-order valence-electron chi connectivity index (χ3n) is 6.53. The number of carbonyl (C=O) groups excluding carboxylic acids is 1. The molecule has 0 fully saturated rings. The maximum absolute atomic E-state index is 11.9. The number of hydrogen-bond donors (Lipinski definition) is 1. The summed E-state index contributed by atoms with van der Waals surface area (Å²) >= 11 is 0. The largest absolute Gasteiger partial charge is 0.543 e. The van der Waals surface area contributed by atoms with Gasteiger partial charge in [-0.3, -0.25) is 0 Å². The molecule has 0 aliphatic rings. The van der Waals surface area contributed by atoms with Crippen molar-refractivity contribution in [3.63, 3.8) is 0 Å². The third kappa shape index (κ3) is 7.08. The van der Waals surface area contributed by atoms with E-state index < -0.39 is 20.4 Å². The van der Waals surface area contributed by atoms with E-state index in [-0.39, 0.29) is 18.1 Å². The van der Waals surface area contributed by atoms with Crippen LogP contribution in [0.2, 0.25) is 18.1 Å². The van der Waals surface area contributed by atoms with Gasteiger partial charge in [0, 0.05) is 18.2 Å². The van der Waals surface area contributed by atoms with Crippen molar-refractivity contribution in [1.82, 2.24) is 9.97 Å². The topological polar surface area (TPSA) is 100 Å². The molecule has 1 N–H and O–H groups in total. The molecule has 37 heavy (non-hydrogen) atoms. The molecule has 198 valence electrons. The van der Waals surface area contributed by atoms with E-state index >= 15 is 0 Å². The van der Waals surface area contributed by atoms with Crippen LogP contribution < -0.4 is 13.9 Å². The fraction of sp³-hybridized carbons (Fsp3) is 0.393. The van der Waals surface area contributed by atoms with Gasteiger partial charge in [-0.1, -0.05) is 32.9 Å². The lowest BCUT2D eigenvalue weighted by molar-refractivity contribution is -0.150. The molecule has 2 aromatic carbocycles. The van der Waals surface area contributed by atoms with E-state index in [2.05, 4.69) is 43.8 Å². The Bertz CT molecular complexity index is 1230. The lowest BCUT2D eigenvalue weighted by atomic mass is 10.1. The minimum atomic E-state index is -2.09. The number of methoxy groups -OCH3 is 2. The molecule has 8 nitrogen and oxygen atoms in total. The van der Waals surface area contributed by atoms with Crippen molar-refractivity contribution in [2.24, 2.45) is 0 Å². The molecule has 9 heteroatoms. The third-order valence-corrected chi connectivity index (χ3v) is 10.9. The summed E-state index contributed by atoms with van der Waals surface area (Å²) in [5.74, 6) is 1.68. The Morgan fingerprint density at radius 3 is 2.46 bits per heavy atom. The van der Waals surface area contributed by atoms with Crippen LogP contribution in [0.5, 0.6) is 17.2 Å². The number of nitrogens with zero attached hydrogens (tertiary/aromatic N) is 2. The van der Waals surface area contributed by atoms with E-state index in [9.17, 15) is 9.90 Å². The maximum atomic E-state index is 11.9. The molecule has 0 saturated heterocycles. The highest BCUT2D eigenvalue weighted by Gasteiger charge is 2.39. The van der Waals surface area contributed by atoms with E-state index in [1.807, 2.05) is 36.4 Å².